The Morgan fingerprint density at radius 2 is 1.03 bits per heavy atom. The SMILES string of the molecule is CC(C)N1C(=O)N([Si](c2ccccc2)(c2ccccc2)c2ccccc2)C(C)(C(C)C)C1=O. The summed E-state index contributed by atoms with van der Waals surface area (Å²) in [4.78, 5) is 29.7. The van der Waals surface area contributed by atoms with E-state index in [1.807, 2.05) is 93.8 Å². The lowest BCUT2D eigenvalue weighted by Crippen LogP contribution is -2.81. The van der Waals surface area contributed by atoms with Gasteiger partial charge in [0.25, 0.3) is 14.1 Å². The third kappa shape index (κ3) is 3.34. The molecule has 3 amide bonds. The smallest absolute Gasteiger partial charge is 0.320 e. The summed E-state index contributed by atoms with van der Waals surface area (Å²) in [5, 5.41) is 3.25. The molecule has 33 heavy (non-hydrogen) atoms. The molecule has 0 saturated carbocycles. The summed E-state index contributed by atoms with van der Waals surface area (Å²) in [6.07, 6.45) is 0. The predicted molar refractivity (Wildman–Crippen MR) is 136 cm³/mol. The molecule has 1 unspecified atom stereocenters. The van der Waals surface area contributed by atoms with Crippen molar-refractivity contribution in [2.24, 2.45) is 5.92 Å². The van der Waals surface area contributed by atoms with Crippen LogP contribution in [0.4, 0.5) is 4.79 Å². The van der Waals surface area contributed by atoms with Gasteiger partial charge in [-0.25, -0.2) is 4.79 Å². The van der Waals surface area contributed by atoms with Crippen LogP contribution in [0.3, 0.4) is 0 Å². The summed E-state index contributed by atoms with van der Waals surface area (Å²) in [5.41, 5.74) is -0.977. The average Bonchev–Trinajstić information content (AvgIpc) is 3.03. The fraction of sp³-hybridized carbons (Fsp3) is 0.286. The van der Waals surface area contributed by atoms with E-state index < -0.39 is 13.8 Å². The third-order valence-corrected chi connectivity index (χ3v) is 11.9. The summed E-state index contributed by atoms with van der Waals surface area (Å²) >= 11 is 0. The molecule has 0 aromatic heterocycles. The van der Waals surface area contributed by atoms with E-state index in [0.717, 1.165) is 15.6 Å². The van der Waals surface area contributed by atoms with E-state index >= 15 is 0 Å². The summed E-state index contributed by atoms with van der Waals surface area (Å²) in [7, 11) is -3.16. The Morgan fingerprint density at radius 3 is 1.33 bits per heavy atom. The molecular weight excluding hydrogens is 424 g/mol. The van der Waals surface area contributed by atoms with Gasteiger partial charge < -0.3 is 4.57 Å². The second kappa shape index (κ2) is 8.63. The lowest BCUT2D eigenvalue weighted by atomic mass is 9.88. The molecule has 3 aromatic rings. The molecule has 0 aliphatic carbocycles. The minimum absolute atomic E-state index is 0.0688. The van der Waals surface area contributed by atoms with Crippen LogP contribution in [0.1, 0.15) is 34.6 Å². The minimum atomic E-state index is -3.16. The Balaban J connectivity index is 2.18. The summed E-state index contributed by atoms with van der Waals surface area (Å²) in [5.74, 6) is -0.183. The van der Waals surface area contributed by atoms with Crippen molar-refractivity contribution >= 4 is 35.7 Å². The van der Waals surface area contributed by atoms with Gasteiger partial charge in [-0.15, -0.1) is 0 Å². The molecule has 1 heterocycles. The number of hydrogen-bond donors (Lipinski definition) is 0. The first-order valence-corrected chi connectivity index (χ1v) is 13.6. The quantitative estimate of drug-likeness (QED) is 0.322. The molecule has 0 bridgehead atoms. The van der Waals surface area contributed by atoms with Gasteiger partial charge in [-0.1, -0.05) is 105 Å². The summed E-state index contributed by atoms with van der Waals surface area (Å²) in [6.45, 7) is 9.87. The Bertz CT molecular complexity index is 1040. The van der Waals surface area contributed by atoms with Crippen LogP contribution in [-0.2, 0) is 4.79 Å². The minimum Gasteiger partial charge on any atom is -0.324 e. The first-order chi connectivity index (χ1) is 15.8. The standard InChI is InChI=1S/C28H32N2O2Si/c1-21(2)28(5)26(31)29(22(3)4)27(32)30(28)33(23-15-9-6-10-16-23,24-17-11-7-12-18-24)25-19-13-8-14-20-25/h6-22H,1-5H3. The molecule has 4 nitrogen and oxygen atoms in total. The van der Waals surface area contributed by atoms with Gasteiger partial charge in [-0.2, -0.15) is 0 Å². The van der Waals surface area contributed by atoms with Crippen molar-refractivity contribution < 1.29 is 9.59 Å². The van der Waals surface area contributed by atoms with Gasteiger partial charge in [0.15, 0.2) is 0 Å². The van der Waals surface area contributed by atoms with Crippen LogP contribution in [-0.4, -0.2) is 41.2 Å². The molecule has 0 N–H and O–H groups in total. The van der Waals surface area contributed by atoms with Crippen molar-refractivity contribution in [2.75, 3.05) is 0 Å². The predicted octanol–water partition coefficient (Wildman–Crippen LogP) is 3.74. The maximum Gasteiger partial charge on any atom is 0.320 e. The number of urea groups is 1. The molecule has 3 aromatic carbocycles. The van der Waals surface area contributed by atoms with Crippen molar-refractivity contribution in [3.8, 4) is 0 Å². The molecule has 1 atom stereocenters. The lowest BCUT2D eigenvalue weighted by molar-refractivity contribution is -0.134. The first kappa shape index (κ1) is 23.0. The second-order valence-electron chi connectivity index (χ2n) is 9.50. The number of benzene rings is 3. The number of nitrogens with zero attached hydrogens (tertiary/aromatic N) is 2. The zero-order chi connectivity index (χ0) is 23.8. The van der Waals surface area contributed by atoms with Crippen LogP contribution in [0, 0.1) is 5.92 Å². The second-order valence-corrected chi connectivity index (χ2v) is 13.1. The van der Waals surface area contributed by atoms with E-state index in [1.165, 1.54) is 4.90 Å². The number of carbonyl (C=O) groups excluding carboxylic acids is 2. The zero-order valence-corrected chi connectivity index (χ0v) is 21.0. The van der Waals surface area contributed by atoms with E-state index in [4.69, 9.17) is 0 Å². The molecule has 0 spiro atoms. The molecule has 4 rings (SSSR count). The number of imide groups is 1. The van der Waals surface area contributed by atoms with Gasteiger partial charge in [0.2, 0.25) is 0 Å². The lowest BCUT2D eigenvalue weighted by Gasteiger charge is -2.48. The Kier molecular flexibility index (Phi) is 6.02. The average molecular weight is 457 g/mol. The zero-order valence-electron chi connectivity index (χ0n) is 20.0. The highest BCUT2D eigenvalue weighted by molar-refractivity contribution is 7.10. The van der Waals surface area contributed by atoms with Crippen molar-refractivity contribution in [1.82, 2.24) is 9.47 Å². The molecule has 170 valence electrons. The maximum atomic E-state index is 14.3. The number of amides is 3. The maximum absolute atomic E-state index is 14.3. The molecule has 0 radical (unpaired) electrons. The molecule has 1 saturated heterocycles. The van der Waals surface area contributed by atoms with Crippen LogP contribution >= 0.6 is 0 Å². The highest BCUT2D eigenvalue weighted by atomic mass is 28.3. The van der Waals surface area contributed by atoms with Crippen LogP contribution in [0.15, 0.2) is 91.0 Å². The number of rotatable bonds is 6. The van der Waals surface area contributed by atoms with Gasteiger partial charge in [0.1, 0.15) is 5.54 Å². The van der Waals surface area contributed by atoms with Gasteiger partial charge in [-0.05, 0) is 42.2 Å². The number of hydrogen-bond acceptors (Lipinski definition) is 2. The van der Waals surface area contributed by atoms with Crippen LogP contribution in [0.5, 0.6) is 0 Å². The van der Waals surface area contributed by atoms with Gasteiger partial charge in [-0.3, -0.25) is 9.69 Å². The molecule has 1 aliphatic heterocycles. The monoisotopic (exact) mass is 456 g/mol. The third-order valence-electron chi connectivity index (χ3n) is 7.06. The number of carbonyl (C=O) groups is 2. The summed E-state index contributed by atoms with van der Waals surface area (Å²) in [6, 6.07) is 30.4. The fourth-order valence-corrected chi connectivity index (χ4v) is 10.4. The van der Waals surface area contributed by atoms with E-state index in [2.05, 4.69) is 36.4 Å². The molecule has 1 aliphatic rings. The van der Waals surface area contributed by atoms with E-state index in [1.54, 1.807) is 0 Å². The van der Waals surface area contributed by atoms with Crippen LogP contribution in [0.2, 0.25) is 0 Å². The van der Waals surface area contributed by atoms with Crippen LogP contribution in [0.25, 0.3) is 0 Å². The normalized spacial score (nSPS) is 19.1. The Morgan fingerprint density at radius 1 is 0.667 bits per heavy atom. The van der Waals surface area contributed by atoms with Crippen molar-refractivity contribution in [1.29, 1.82) is 0 Å². The van der Waals surface area contributed by atoms with E-state index in [-0.39, 0.29) is 23.9 Å². The highest BCUT2D eigenvalue weighted by Gasteiger charge is 2.65. The van der Waals surface area contributed by atoms with Crippen LogP contribution < -0.4 is 15.6 Å². The Hall–Kier alpha value is -3.18. The van der Waals surface area contributed by atoms with E-state index in [9.17, 15) is 9.59 Å². The summed E-state index contributed by atoms with van der Waals surface area (Å²) < 4.78 is 1.99. The van der Waals surface area contributed by atoms with Gasteiger partial charge in [0.05, 0.1) is 0 Å². The van der Waals surface area contributed by atoms with E-state index in [0.29, 0.717) is 0 Å². The molecular formula is C28H32N2O2Si. The first-order valence-electron chi connectivity index (χ1n) is 11.6. The Labute approximate surface area is 197 Å². The molecule has 1 fully saturated rings. The van der Waals surface area contributed by atoms with Crippen molar-refractivity contribution in [3.05, 3.63) is 91.0 Å². The largest absolute Gasteiger partial charge is 0.324 e. The fourth-order valence-electron chi connectivity index (χ4n) is 5.11. The highest BCUT2D eigenvalue weighted by Crippen LogP contribution is 2.39. The van der Waals surface area contributed by atoms with Crippen molar-refractivity contribution in [3.63, 3.8) is 0 Å². The van der Waals surface area contributed by atoms with Crippen molar-refractivity contribution in [2.45, 2.75) is 46.2 Å². The van der Waals surface area contributed by atoms with Gasteiger partial charge in [0, 0.05) is 6.04 Å². The topological polar surface area (TPSA) is 40.6 Å². The van der Waals surface area contributed by atoms with Gasteiger partial charge >= 0.3 is 6.03 Å². The molecule has 5 heteroatoms.